The Labute approximate surface area is 211 Å². The quantitative estimate of drug-likeness (QED) is 0.529. The zero-order valence-electron chi connectivity index (χ0n) is 20.9. The fourth-order valence-electron chi connectivity index (χ4n) is 5.88. The van der Waals surface area contributed by atoms with Crippen molar-refractivity contribution < 1.29 is 33.7 Å². The third-order valence-corrected chi connectivity index (χ3v) is 8.37. The predicted molar refractivity (Wildman–Crippen MR) is 132 cm³/mol. The van der Waals surface area contributed by atoms with Crippen LogP contribution in [0.1, 0.15) is 51.4 Å². The van der Waals surface area contributed by atoms with E-state index >= 15 is 0 Å². The third kappa shape index (κ3) is 5.63. The monoisotopic (exact) mass is 502 g/mol. The molecule has 36 heavy (non-hydrogen) atoms. The van der Waals surface area contributed by atoms with E-state index in [4.69, 9.17) is 18.7 Å². The first kappa shape index (κ1) is 25.3. The average Bonchev–Trinajstić information content (AvgIpc) is 3.33. The number of likely N-dealkylation sites (tertiary alicyclic amines) is 1. The largest absolute Gasteiger partial charge is 0.489 e. The highest BCUT2D eigenvalue weighted by molar-refractivity contribution is 5.88. The van der Waals surface area contributed by atoms with Crippen LogP contribution < -0.4 is 9.47 Å². The van der Waals surface area contributed by atoms with Crippen molar-refractivity contribution in [1.29, 1.82) is 0 Å². The molecule has 3 fully saturated rings. The second-order valence-electron chi connectivity index (χ2n) is 10.8. The normalized spacial score (nSPS) is 25.6. The molecule has 0 unspecified atom stereocenters. The summed E-state index contributed by atoms with van der Waals surface area (Å²) in [4.78, 5) is 14.3. The molecule has 1 aromatic carbocycles. The van der Waals surface area contributed by atoms with Crippen molar-refractivity contribution in [3.8, 4) is 11.6 Å². The first-order chi connectivity index (χ1) is 17.6. The Morgan fingerprint density at radius 2 is 1.83 bits per heavy atom. The van der Waals surface area contributed by atoms with Gasteiger partial charge in [-0.2, -0.15) is 0 Å². The van der Waals surface area contributed by atoms with Crippen LogP contribution in [0.5, 0.6) is 11.6 Å². The van der Waals surface area contributed by atoms with Crippen LogP contribution in [-0.4, -0.2) is 78.4 Å². The van der Waals surface area contributed by atoms with E-state index in [0.29, 0.717) is 62.5 Å². The van der Waals surface area contributed by atoms with E-state index in [1.54, 1.807) is 0 Å². The summed E-state index contributed by atoms with van der Waals surface area (Å²) in [7, 11) is 0. The standard InChI is InChI=1S/C27H38N2O7/c30-16-19-4-6-21(7-5-19)35-22-2-1-3-23-24(22)25(28-36-23)34-17-20-8-12-29(13-9-20)18-27(26(31)32)10-14-33-15-11-27/h1-3,19-21,30H,4-18H2,(H,31,32)/t19-,21+. The number of carboxylic acids is 1. The van der Waals surface area contributed by atoms with Crippen molar-refractivity contribution in [3.05, 3.63) is 18.2 Å². The lowest BCUT2D eigenvalue weighted by molar-refractivity contribution is -0.157. The number of piperidine rings is 1. The molecule has 2 aliphatic heterocycles. The SMILES string of the molecule is O=C(O)C1(CN2CCC(COc3noc4cccc(O[C@H]5CC[C@@H](CO)CC5)c34)CC2)CCOCC1. The maximum absolute atomic E-state index is 12.0. The van der Waals surface area contributed by atoms with Crippen LogP contribution >= 0.6 is 0 Å². The van der Waals surface area contributed by atoms with Crippen LogP contribution in [0.15, 0.2) is 22.7 Å². The lowest BCUT2D eigenvalue weighted by Gasteiger charge is -2.40. The molecule has 1 aliphatic carbocycles. The van der Waals surface area contributed by atoms with Crippen LogP contribution in [0.2, 0.25) is 0 Å². The number of nitrogens with zero attached hydrogens (tertiary/aromatic N) is 2. The fraction of sp³-hybridized carbons (Fsp3) is 0.704. The molecular weight excluding hydrogens is 464 g/mol. The summed E-state index contributed by atoms with van der Waals surface area (Å²) in [6, 6.07) is 5.72. The van der Waals surface area contributed by atoms with Gasteiger partial charge in [-0.05, 0) is 93.6 Å². The lowest BCUT2D eigenvalue weighted by atomic mass is 9.79. The molecule has 3 aliphatic rings. The maximum atomic E-state index is 12.0. The molecule has 1 aromatic heterocycles. The number of rotatable bonds is 9. The van der Waals surface area contributed by atoms with E-state index in [-0.39, 0.29) is 12.7 Å². The van der Waals surface area contributed by atoms with E-state index in [1.165, 1.54) is 0 Å². The van der Waals surface area contributed by atoms with Crippen LogP contribution in [0.3, 0.4) is 0 Å². The summed E-state index contributed by atoms with van der Waals surface area (Å²) in [5.74, 6) is 1.27. The highest BCUT2D eigenvalue weighted by Crippen LogP contribution is 2.37. The number of hydrogen-bond donors (Lipinski definition) is 2. The maximum Gasteiger partial charge on any atom is 0.311 e. The van der Waals surface area contributed by atoms with E-state index in [0.717, 1.165) is 62.8 Å². The predicted octanol–water partition coefficient (Wildman–Crippen LogP) is 3.73. The van der Waals surface area contributed by atoms with Gasteiger partial charge in [0.2, 0.25) is 0 Å². The van der Waals surface area contributed by atoms with Crippen LogP contribution in [-0.2, 0) is 9.53 Å². The molecule has 5 rings (SSSR count). The number of aliphatic hydroxyl groups is 1. The van der Waals surface area contributed by atoms with Gasteiger partial charge in [-0.25, -0.2) is 0 Å². The molecule has 1 saturated carbocycles. The number of carboxylic acid groups (broad SMARTS) is 1. The number of hydrogen-bond acceptors (Lipinski definition) is 8. The van der Waals surface area contributed by atoms with Gasteiger partial charge in [-0.1, -0.05) is 6.07 Å². The Morgan fingerprint density at radius 3 is 2.53 bits per heavy atom. The number of benzene rings is 1. The van der Waals surface area contributed by atoms with Gasteiger partial charge in [0.25, 0.3) is 5.88 Å². The molecule has 2 N–H and O–H groups in total. The van der Waals surface area contributed by atoms with Gasteiger partial charge >= 0.3 is 5.97 Å². The van der Waals surface area contributed by atoms with Crippen molar-refractivity contribution >= 4 is 16.9 Å². The number of aliphatic carboxylic acids is 1. The topological polar surface area (TPSA) is 114 Å². The Bertz CT molecular complexity index is 1000. The number of aromatic nitrogens is 1. The van der Waals surface area contributed by atoms with Crippen LogP contribution in [0.25, 0.3) is 11.0 Å². The lowest BCUT2D eigenvalue weighted by Crippen LogP contribution is -2.49. The minimum absolute atomic E-state index is 0.121. The Hall–Kier alpha value is -2.36. The first-order valence-corrected chi connectivity index (χ1v) is 13.4. The summed E-state index contributed by atoms with van der Waals surface area (Å²) in [5.41, 5.74) is -0.0358. The Balaban J connectivity index is 1.15. The van der Waals surface area contributed by atoms with Crippen LogP contribution in [0, 0.1) is 17.3 Å². The molecule has 198 valence electrons. The van der Waals surface area contributed by atoms with E-state index in [9.17, 15) is 15.0 Å². The van der Waals surface area contributed by atoms with Crippen LogP contribution in [0.4, 0.5) is 0 Å². The zero-order chi connectivity index (χ0) is 25.0. The number of ether oxygens (including phenoxy) is 3. The molecule has 2 saturated heterocycles. The highest BCUT2D eigenvalue weighted by atomic mass is 16.5. The molecule has 9 heteroatoms. The molecule has 2 aromatic rings. The summed E-state index contributed by atoms with van der Waals surface area (Å²) in [6.45, 7) is 4.18. The average molecular weight is 503 g/mol. The second-order valence-corrected chi connectivity index (χ2v) is 10.8. The summed E-state index contributed by atoms with van der Waals surface area (Å²) >= 11 is 0. The molecule has 3 heterocycles. The smallest absolute Gasteiger partial charge is 0.311 e. The van der Waals surface area contributed by atoms with Gasteiger partial charge in [0.1, 0.15) is 11.1 Å². The number of carbonyl (C=O) groups is 1. The van der Waals surface area contributed by atoms with E-state index < -0.39 is 11.4 Å². The van der Waals surface area contributed by atoms with Gasteiger partial charge in [-0.15, -0.1) is 0 Å². The highest BCUT2D eigenvalue weighted by Gasteiger charge is 2.42. The van der Waals surface area contributed by atoms with Gasteiger partial charge < -0.3 is 33.8 Å². The van der Waals surface area contributed by atoms with Gasteiger partial charge in [0.15, 0.2) is 5.58 Å². The second kappa shape index (κ2) is 11.4. The molecule has 0 atom stereocenters. The molecule has 0 bridgehead atoms. The van der Waals surface area contributed by atoms with Crippen molar-refractivity contribution in [2.45, 2.75) is 57.5 Å². The first-order valence-electron chi connectivity index (χ1n) is 13.4. The molecule has 0 spiro atoms. The van der Waals surface area contributed by atoms with Crippen molar-refractivity contribution in [3.63, 3.8) is 0 Å². The molecule has 0 radical (unpaired) electrons. The summed E-state index contributed by atoms with van der Waals surface area (Å²) in [6.07, 6.45) is 7.01. The minimum Gasteiger partial charge on any atom is -0.489 e. The zero-order valence-corrected chi connectivity index (χ0v) is 20.9. The Kier molecular flexibility index (Phi) is 7.98. The number of aliphatic hydroxyl groups excluding tert-OH is 1. The van der Waals surface area contributed by atoms with Crippen molar-refractivity contribution in [2.24, 2.45) is 17.3 Å². The van der Waals surface area contributed by atoms with E-state index in [1.807, 2.05) is 18.2 Å². The van der Waals surface area contributed by atoms with Crippen molar-refractivity contribution in [1.82, 2.24) is 10.1 Å². The molecular formula is C27H38N2O7. The summed E-state index contributed by atoms with van der Waals surface area (Å²) < 4.78 is 23.4. The molecule has 0 amide bonds. The van der Waals surface area contributed by atoms with Gasteiger partial charge in [-0.3, -0.25) is 4.79 Å². The summed E-state index contributed by atoms with van der Waals surface area (Å²) in [5, 5.41) is 24.2. The van der Waals surface area contributed by atoms with Gasteiger partial charge in [0, 0.05) is 26.4 Å². The molecule has 9 nitrogen and oxygen atoms in total. The fourth-order valence-corrected chi connectivity index (χ4v) is 5.88. The van der Waals surface area contributed by atoms with Gasteiger partial charge in [0.05, 0.1) is 18.1 Å². The van der Waals surface area contributed by atoms with Crippen molar-refractivity contribution in [2.75, 3.05) is 46.1 Å². The minimum atomic E-state index is -0.700. The van der Waals surface area contributed by atoms with E-state index in [2.05, 4.69) is 10.1 Å². The number of fused-ring (bicyclic) bond motifs is 1. The Morgan fingerprint density at radius 1 is 1.08 bits per heavy atom. The third-order valence-electron chi connectivity index (χ3n) is 8.37.